The van der Waals surface area contributed by atoms with Gasteiger partial charge in [0.25, 0.3) is 0 Å². The molecule has 0 aliphatic carbocycles. The summed E-state index contributed by atoms with van der Waals surface area (Å²) in [7, 11) is 0. The normalized spacial score (nSPS) is 11.1. The standard InChI is InChI=1S/C15H14ClN3/c1-9-5-13-12(8-18-15(13)17-7-9)6-11-3-4-14(16)19-10(11)2/h3-5,7-8H,6H2,1-2H3,(H,17,18). The molecule has 3 nitrogen and oxygen atoms in total. The van der Waals surface area contributed by atoms with Crippen LogP contribution in [0.4, 0.5) is 0 Å². The Kier molecular flexibility index (Phi) is 2.99. The third kappa shape index (κ3) is 2.34. The minimum absolute atomic E-state index is 0.540. The largest absolute Gasteiger partial charge is 0.346 e. The first kappa shape index (κ1) is 12.2. The van der Waals surface area contributed by atoms with Gasteiger partial charge >= 0.3 is 0 Å². The number of fused-ring (bicyclic) bond motifs is 1. The Morgan fingerprint density at radius 2 is 2.05 bits per heavy atom. The minimum atomic E-state index is 0.540. The molecule has 0 aromatic carbocycles. The van der Waals surface area contributed by atoms with Crippen LogP contribution in [0.25, 0.3) is 11.0 Å². The summed E-state index contributed by atoms with van der Waals surface area (Å²) in [6.07, 6.45) is 4.73. The van der Waals surface area contributed by atoms with E-state index in [0.29, 0.717) is 5.15 Å². The Morgan fingerprint density at radius 3 is 2.84 bits per heavy atom. The van der Waals surface area contributed by atoms with Crippen molar-refractivity contribution in [1.82, 2.24) is 15.0 Å². The number of nitrogens with zero attached hydrogens (tertiary/aromatic N) is 2. The SMILES string of the molecule is Cc1cnc2[nH]cc(Cc3ccc(Cl)nc3C)c2c1. The Bertz CT molecular complexity index is 746. The zero-order chi connectivity index (χ0) is 13.4. The van der Waals surface area contributed by atoms with Gasteiger partial charge in [-0.25, -0.2) is 9.97 Å². The third-order valence-electron chi connectivity index (χ3n) is 3.30. The predicted molar refractivity (Wildman–Crippen MR) is 77.6 cm³/mol. The maximum absolute atomic E-state index is 5.89. The number of halogens is 1. The van der Waals surface area contributed by atoms with E-state index in [0.717, 1.165) is 17.8 Å². The number of pyridine rings is 2. The molecule has 0 atom stereocenters. The van der Waals surface area contributed by atoms with Crippen LogP contribution in [0.15, 0.2) is 30.6 Å². The first-order valence-electron chi connectivity index (χ1n) is 6.18. The third-order valence-corrected chi connectivity index (χ3v) is 3.51. The van der Waals surface area contributed by atoms with Crippen molar-refractivity contribution < 1.29 is 0 Å². The molecular formula is C15H14ClN3. The van der Waals surface area contributed by atoms with Gasteiger partial charge in [-0.1, -0.05) is 17.7 Å². The fraction of sp³-hybridized carbons (Fsp3) is 0.200. The molecule has 0 fully saturated rings. The van der Waals surface area contributed by atoms with Crippen LogP contribution in [0.1, 0.15) is 22.4 Å². The van der Waals surface area contributed by atoms with E-state index in [2.05, 4.69) is 27.9 Å². The molecular weight excluding hydrogens is 258 g/mol. The summed E-state index contributed by atoms with van der Waals surface area (Å²) in [5.41, 5.74) is 5.49. The number of aromatic amines is 1. The monoisotopic (exact) mass is 271 g/mol. The predicted octanol–water partition coefficient (Wildman–Crippen LogP) is 3.82. The van der Waals surface area contributed by atoms with E-state index in [1.54, 1.807) is 0 Å². The lowest BCUT2D eigenvalue weighted by Crippen LogP contribution is -1.94. The van der Waals surface area contributed by atoms with E-state index >= 15 is 0 Å². The summed E-state index contributed by atoms with van der Waals surface area (Å²) in [5.74, 6) is 0. The van der Waals surface area contributed by atoms with E-state index in [1.165, 1.54) is 22.1 Å². The van der Waals surface area contributed by atoms with Crippen LogP contribution >= 0.6 is 11.6 Å². The molecule has 96 valence electrons. The van der Waals surface area contributed by atoms with Crippen molar-refractivity contribution in [2.75, 3.05) is 0 Å². The van der Waals surface area contributed by atoms with Crippen molar-refractivity contribution in [2.45, 2.75) is 20.3 Å². The van der Waals surface area contributed by atoms with Crippen LogP contribution in [0.2, 0.25) is 5.15 Å². The fourth-order valence-electron chi connectivity index (χ4n) is 2.26. The molecule has 4 heteroatoms. The van der Waals surface area contributed by atoms with Crippen molar-refractivity contribution in [3.05, 3.63) is 58.1 Å². The molecule has 3 aromatic rings. The molecule has 0 aliphatic rings. The second-order valence-electron chi connectivity index (χ2n) is 4.78. The van der Waals surface area contributed by atoms with Crippen LogP contribution in [0.5, 0.6) is 0 Å². The van der Waals surface area contributed by atoms with Gasteiger partial charge in [0.15, 0.2) is 0 Å². The van der Waals surface area contributed by atoms with Gasteiger partial charge < -0.3 is 4.98 Å². The van der Waals surface area contributed by atoms with Crippen molar-refractivity contribution in [3.8, 4) is 0 Å². The Balaban J connectivity index is 2.03. The Morgan fingerprint density at radius 1 is 1.21 bits per heavy atom. The Labute approximate surface area is 116 Å². The molecule has 1 N–H and O–H groups in total. The van der Waals surface area contributed by atoms with Gasteiger partial charge in [-0.15, -0.1) is 0 Å². The number of hydrogen-bond donors (Lipinski definition) is 1. The van der Waals surface area contributed by atoms with Crippen LogP contribution in [0, 0.1) is 13.8 Å². The summed E-state index contributed by atoms with van der Waals surface area (Å²) >= 11 is 5.89. The number of rotatable bonds is 2. The highest BCUT2D eigenvalue weighted by Gasteiger charge is 2.08. The van der Waals surface area contributed by atoms with Crippen LogP contribution in [-0.4, -0.2) is 15.0 Å². The van der Waals surface area contributed by atoms with Gasteiger partial charge in [0.05, 0.1) is 0 Å². The van der Waals surface area contributed by atoms with E-state index in [4.69, 9.17) is 11.6 Å². The van der Waals surface area contributed by atoms with Crippen LogP contribution in [-0.2, 0) is 6.42 Å². The average Bonchev–Trinajstić information content (AvgIpc) is 2.75. The summed E-state index contributed by atoms with van der Waals surface area (Å²) in [6, 6.07) is 6.03. The minimum Gasteiger partial charge on any atom is -0.346 e. The zero-order valence-electron chi connectivity index (χ0n) is 10.9. The second-order valence-corrected chi connectivity index (χ2v) is 5.17. The molecule has 0 saturated heterocycles. The summed E-state index contributed by atoms with van der Waals surface area (Å²) in [6.45, 7) is 4.04. The van der Waals surface area contributed by atoms with Crippen LogP contribution in [0.3, 0.4) is 0 Å². The summed E-state index contributed by atoms with van der Waals surface area (Å²) in [5, 5.41) is 1.71. The Hall–Kier alpha value is -1.87. The van der Waals surface area contributed by atoms with Gasteiger partial charge in [-0.3, -0.25) is 0 Å². The molecule has 0 bridgehead atoms. The number of aromatic nitrogens is 3. The maximum atomic E-state index is 5.89. The highest BCUT2D eigenvalue weighted by Crippen LogP contribution is 2.22. The number of nitrogens with one attached hydrogen (secondary N) is 1. The van der Waals surface area contributed by atoms with Gasteiger partial charge in [0.1, 0.15) is 10.8 Å². The first-order chi connectivity index (χ1) is 9.13. The van der Waals surface area contributed by atoms with Crippen molar-refractivity contribution >= 4 is 22.6 Å². The summed E-state index contributed by atoms with van der Waals surface area (Å²) < 4.78 is 0. The molecule has 0 radical (unpaired) electrons. The second kappa shape index (κ2) is 4.67. The molecule has 0 aliphatic heterocycles. The fourth-order valence-corrected chi connectivity index (χ4v) is 2.45. The summed E-state index contributed by atoms with van der Waals surface area (Å²) in [4.78, 5) is 11.9. The lowest BCUT2D eigenvalue weighted by atomic mass is 10.0. The lowest BCUT2D eigenvalue weighted by Gasteiger charge is -2.04. The van der Waals surface area contributed by atoms with Gasteiger partial charge in [-0.05, 0) is 42.7 Å². The van der Waals surface area contributed by atoms with Crippen molar-refractivity contribution in [3.63, 3.8) is 0 Å². The molecule has 3 heterocycles. The molecule has 3 rings (SSSR count). The van der Waals surface area contributed by atoms with Crippen molar-refractivity contribution in [2.24, 2.45) is 0 Å². The molecule has 0 amide bonds. The quantitative estimate of drug-likeness (QED) is 0.720. The topological polar surface area (TPSA) is 41.6 Å². The molecule has 0 spiro atoms. The van der Waals surface area contributed by atoms with Crippen molar-refractivity contribution in [1.29, 1.82) is 0 Å². The zero-order valence-corrected chi connectivity index (χ0v) is 11.6. The maximum Gasteiger partial charge on any atom is 0.137 e. The van der Waals surface area contributed by atoms with E-state index in [1.807, 2.05) is 31.5 Å². The van der Waals surface area contributed by atoms with E-state index < -0.39 is 0 Å². The first-order valence-corrected chi connectivity index (χ1v) is 6.56. The molecule has 19 heavy (non-hydrogen) atoms. The van der Waals surface area contributed by atoms with Crippen LogP contribution < -0.4 is 0 Å². The lowest BCUT2D eigenvalue weighted by molar-refractivity contribution is 1.08. The highest BCUT2D eigenvalue weighted by atomic mass is 35.5. The average molecular weight is 272 g/mol. The molecule has 3 aromatic heterocycles. The van der Waals surface area contributed by atoms with Gasteiger partial charge in [0.2, 0.25) is 0 Å². The van der Waals surface area contributed by atoms with E-state index in [-0.39, 0.29) is 0 Å². The smallest absolute Gasteiger partial charge is 0.137 e. The molecule has 0 unspecified atom stereocenters. The number of H-pyrrole nitrogens is 1. The number of hydrogen-bond acceptors (Lipinski definition) is 2. The highest BCUT2D eigenvalue weighted by molar-refractivity contribution is 6.29. The van der Waals surface area contributed by atoms with E-state index in [9.17, 15) is 0 Å². The van der Waals surface area contributed by atoms with Gasteiger partial charge in [-0.2, -0.15) is 0 Å². The van der Waals surface area contributed by atoms with Gasteiger partial charge in [0, 0.05) is 29.9 Å². The molecule has 0 saturated carbocycles. The number of aryl methyl sites for hydroxylation is 2.